The predicted molar refractivity (Wildman–Crippen MR) is 60.4 cm³/mol. The van der Waals surface area contributed by atoms with Crippen molar-refractivity contribution in [3.63, 3.8) is 0 Å². The van der Waals surface area contributed by atoms with Crippen LogP contribution in [-0.4, -0.2) is 11.2 Å². The van der Waals surface area contributed by atoms with Crippen molar-refractivity contribution in [3.05, 3.63) is 35.9 Å². The molecule has 1 aromatic carbocycles. The largest absolute Gasteiger partial charge is 0.393 e. The molecule has 0 radical (unpaired) electrons. The molecular weight excluding hydrogens is 210 g/mol. The van der Waals surface area contributed by atoms with Gasteiger partial charge in [0.25, 0.3) is 5.92 Å². The van der Waals surface area contributed by atoms with Crippen LogP contribution in [0.15, 0.2) is 30.3 Å². The summed E-state index contributed by atoms with van der Waals surface area (Å²) < 4.78 is 27.7. The zero-order valence-corrected chi connectivity index (χ0v) is 9.66. The maximum Gasteiger partial charge on any atom is 0.273 e. The Labute approximate surface area is 95.1 Å². The average molecular weight is 228 g/mol. The van der Waals surface area contributed by atoms with Gasteiger partial charge < -0.3 is 5.11 Å². The SMILES string of the molecule is CCC(CC(F)(F)c1ccccc1)C(C)O. The summed E-state index contributed by atoms with van der Waals surface area (Å²) in [5, 5.41) is 9.39. The molecule has 1 N–H and O–H groups in total. The lowest BCUT2D eigenvalue weighted by Gasteiger charge is -2.24. The zero-order valence-electron chi connectivity index (χ0n) is 9.66. The molecule has 0 saturated heterocycles. The van der Waals surface area contributed by atoms with Crippen LogP contribution in [0.5, 0.6) is 0 Å². The molecule has 0 heterocycles. The summed E-state index contributed by atoms with van der Waals surface area (Å²) in [6.45, 7) is 3.38. The number of benzene rings is 1. The first-order chi connectivity index (χ1) is 7.47. The van der Waals surface area contributed by atoms with Gasteiger partial charge in [0.15, 0.2) is 0 Å². The third kappa shape index (κ3) is 3.27. The fourth-order valence-electron chi connectivity index (χ4n) is 1.79. The van der Waals surface area contributed by atoms with Crippen molar-refractivity contribution in [3.8, 4) is 0 Å². The molecule has 0 aliphatic rings. The van der Waals surface area contributed by atoms with E-state index in [-0.39, 0.29) is 17.9 Å². The second kappa shape index (κ2) is 5.39. The number of hydrogen-bond donors (Lipinski definition) is 1. The van der Waals surface area contributed by atoms with E-state index in [2.05, 4.69) is 0 Å². The van der Waals surface area contributed by atoms with E-state index in [1.54, 1.807) is 25.1 Å². The van der Waals surface area contributed by atoms with E-state index < -0.39 is 12.0 Å². The molecule has 3 heteroatoms. The lowest BCUT2D eigenvalue weighted by Crippen LogP contribution is -2.25. The van der Waals surface area contributed by atoms with Gasteiger partial charge in [0, 0.05) is 12.0 Å². The fourth-order valence-corrected chi connectivity index (χ4v) is 1.79. The first-order valence-corrected chi connectivity index (χ1v) is 5.58. The van der Waals surface area contributed by atoms with Gasteiger partial charge in [-0.2, -0.15) is 0 Å². The highest BCUT2D eigenvalue weighted by Crippen LogP contribution is 2.36. The molecule has 0 aliphatic heterocycles. The van der Waals surface area contributed by atoms with E-state index in [0.29, 0.717) is 6.42 Å². The standard InChI is InChI=1S/C13H18F2O/c1-3-11(10(2)16)9-13(14,15)12-7-5-4-6-8-12/h4-8,10-11,16H,3,9H2,1-2H3. The van der Waals surface area contributed by atoms with Crippen LogP contribution in [0.4, 0.5) is 8.78 Å². The van der Waals surface area contributed by atoms with Gasteiger partial charge in [0.2, 0.25) is 0 Å². The van der Waals surface area contributed by atoms with Gasteiger partial charge in [-0.05, 0) is 12.8 Å². The minimum atomic E-state index is -2.86. The molecule has 0 saturated carbocycles. The van der Waals surface area contributed by atoms with Crippen molar-refractivity contribution < 1.29 is 13.9 Å². The van der Waals surface area contributed by atoms with E-state index >= 15 is 0 Å². The minimum Gasteiger partial charge on any atom is -0.393 e. The van der Waals surface area contributed by atoms with Crippen LogP contribution < -0.4 is 0 Å². The summed E-state index contributed by atoms with van der Waals surface area (Å²) >= 11 is 0. The van der Waals surface area contributed by atoms with Crippen LogP contribution in [0.1, 0.15) is 32.3 Å². The summed E-state index contributed by atoms with van der Waals surface area (Å²) in [5.41, 5.74) is 0.0223. The molecule has 1 aromatic rings. The monoisotopic (exact) mass is 228 g/mol. The molecule has 0 fully saturated rings. The highest BCUT2D eigenvalue weighted by atomic mass is 19.3. The molecule has 2 atom stereocenters. The normalized spacial score (nSPS) is 15.8. The van der Waals surface area contributed by atoms with Gasteiger partial charge in [0.1, 0.15) is 0 Å². The maximum atomic E-state index is 13.8. The summed E-state index contributed by atoms with van der Waals surface area (Å²) in [4.78, 5) is 0. The van der Waals surface area contributed by atoms with E-state index in [1.807, 2.05) is 6.92 Å². The second-order valence-corrected chi connectivity index (χ2v) is 4.18. The number of halogens is 2. The molecule has 90 valence electrons. The van der Waals surface area contributed by atoms with Crippen molar-refractivity contribution in [2.75, 3.05) is 0 Å². The van der Waals surface area contributed by atoms with Crippen molar-refractivity contribution >= 4 is 0 Å². The van der Waals surface area contributed by atoms with Gasteiger partial charge in [0.05, 0.1) is 6.10 Å². The molecule has 0 bridgehead atoms. The molecule has 1 rings (SSSR count). The number of aliphatic hydroxyl groups excluding tert-OH is 1. The summed E-state index contributed by atoms with van der Waals surface area (Å²) in [7, 11) is 0. The topological polar surface area (TPSA) is 20.2 Å². The van der Waals surface area contributed by atoms with Crippen molar-refractivity contribution in [1.82, 2.24) is 0 Å². The zero-order chi connectivity index (χ0) is 12.2. The van der Waals surface area contributed by atoms with E-state index in [1.165, 1.54) is 12.1 Å². The van der Waals surface area contributed by atoms with Gasteiger partial charge in [-0.25, -0.2) is 8.78 Å². The highest BCUT2D eigenvalue weighted by Gasteiger charge is 2.35. The molecule has 16 heavy (non-hydrogen) atoms. The van der Waals surface area contributed by atoms with Crippen LogP contribution in [0.2, 0.25) is 0 Å². The second-order valence-electron chi connectivity index (χ2n) is 4.18. The van der Waals surface area contributed by atoms with Crippen LogP contribution >= 0.6 is 0 Å². The first-order valence-electron chi connectivity index (χ1n) is 5.58. The Morgan fingerprint density at radius 3 is 2.25 bits per heavy atom. The van der Waals surface area contributed by atoms with Gasteiger partial charge in [-0.15, -0.1) is 0 Å². The van der Waals surface area contributed by atoms with Crippen LogP contribution in [-0.2, 0) is 5.92 Å². The van der Waals surface area contributed by atoms with Crippen LogP contribution in [0.25, 0.3) is 0 Å². The number of alkyl halides is 2. The number of rotatable bonds is 5. The summed E-state index contributed by atoms with van der Waals surface area (Å²) in [6.07, 6.45) is -0.440. The van der Waals surface area contributed by atoms with E-state index in [9.17, 15) is 13.9 Å². The van der Waals surface area contributed by atoms with E-state index in [0.717, 1.165) is 0 Å². The third-order valence-electron chi connectivity index (χ3n) is 2.92. The Balaban J connectivity index is 2.78. The number of aliphatic hydroxyl groups is 1. The predicted octanol–water partition coefficient (Wildman–Crippen LogP) is 3.58. The van der Waals surface area contributed by atoms with E-state index in [4.69, 9.17) is 0 Å². The van der Waals surface area contributed by atoms with Crippen molar-refractivity contribution in [1.29, 1.82) is 0 Å². The number of hydrogen-bond acceptors (Lipinski definition) is 1. The Kier molecular flexibility index (Phi) is 4.42. The smallest absolute Gasteiger partial charge is 0.273 e. The third-order valence-corrected chi connectivity index (χ3v) is 2.92. The molecule has 0 aliphatic carbocycles. The maximum absolute atomic E-state index is 13.8. The molecular formula is C13H18F2O. The van der Waals surface area contributed by atoms with Gasteiger partial charge in [-0.1, -0.05) is 43.7 Å². The van der Waals surface area contributed by atoms with Crippen molar-refractivity contribution in [2.24, 2.45) is 5.92 Å². The Morgan fingerprint density at radius 1 is 1.25 bits per heavy atom. The summed E-state index contributed by atoms with van der Waals surface area (Å²) in [5.74, 6) is -3.23. The molecule has 0 spiro atoms. The molecule has 1 nitrogen and oxygen atoms in total. The van der Waals surface area contributed by atoms with Crippen LogP contribution in [0.3, 0.4) is 0 Å². The highest BCUT2D eigenvalue weighted by molar-refractivity contribution is 5.19. The molecule has 2 unspecified atom stereocenters. The summed E-state index contributed by atoms with van der Waals surface area (Å²) in [6, 6.07) is 7.77. The lowest BCUT2D eigenvalue weighted by atomic mass is 9.90. The van der Waals surface area contributed by atoms with Crippen LogP contribution in [0, 0.1) is 5.92 Å². The average Bonchev–Trinajstić information content (AvgIpc) is 2.27. The van der Waals surface area contributed by atoms with Crippen molar-refractivity contribution in [2.45, 2.75) is 38.7 Å². The Bertz CT molecular complexity index is 309. The van der Waals surface area contributed by atoms with Gasteiger partial charge >= 0.3 is 0 Å². The quantitative estimate of drug-likeness (QED) is 0.816. The molecule has 0 amide bonds. The Hall–Kier alpha value is -0.960. The lowest BCUT2D eigenvalue weighted by molar-refractivity contribution is -0.0480. The fraction of sp³-hybridized carbons (Fsp3) is 0.538. The first kappa shape index (κ1) is 13.1. The van der Waals surface area contributed by atoms with Gasteiger partial charge in [-0.3, -0.25) is 0 Å². The minimum absolute atomic E-state index is 0.0223. The Morgan fingerprint density at radius 2 is 1.81 bits per heavy atom. The molecule has 0 aromatic heterocycles.